The fourth-order valence-corrected chi connectivity index (χ4v) is 5.50. The number of thioether (sulfide) groups is 1. The predicted molar refractivity (Wildman–Crippen MR) is 123 cm³/mol. The van der Waals surface area contributed by atoms with E-state index in [9.17, 15) is 4.79 Å². The molecule has 2 atom stereocenters. The molecule has 2 aliphatic rings. The second-order valence-electron chi connectivity index (χ2n) is 8.53. The number of likely N-dealkylation sites (tertiary alicyclic amines) is 1. The minimum atomic E-state index is 0.0700. The number of rotatable bonds is 5. The van der Waals surface area contributed by atoms with Crippen molar-refractivity contribution in [3.8, 4) is 0 Å². The van der Waals surface area contributed by atoms with E-state index in [1.807, 2.05) is 41.4 Å². The molecule has 5 rings (SSSR count). The van der Waals surface area contributed by atoms with Gasteiger partial charge in [-0.05, 0) is 50.3 Å². The van der Waals surface area contributed by atoms with Gasteiger partial charge in [-0.1, -0.05) is 30.0 Å². The van der Waals surface area contributed by atoms with Crippen molar-refractivity contribution in [3.05, 3.63) is 53.5 Å². The lowest BCUT2D eigenvalue weighted by Crippen LogP contribution is -2.39. The average Bonchev–Trinajstić information content (AvgIpc) is 3.48. The standard InChI is InChI=1S/C24H28N4O2S/c1-16-13-25-24(31-15-19-8-5-11-30-19)27-22(16)18-7-4-10-28(14-18)23(29)21-12-17-6-2-3-9-20(17)26-21/h2-3,6,9,12-13,18-19,26H,4-5,7-8,10-11,14-15H2,1H3/t18-,19-/m0/s1. The lowest BCUT2D eigenvalue weighted by molar-refractivity contribution is 0.0700. The Morgan fingerprint density at radius 2 is 2.19 bits per heavy atom. The molecule has 2 fully saturated rings. The van der Waals surface area contributed by atoms with Crippen LogP contribution in [-0.4, -0.2) is 57.3 Å². The first-order valence-corrected chi connectivity index (χ1v) is 12.1. The topological polar surface area (TPSA) is 71.1 Å². The molecule has 4 heterocycles. The van der Waals surface area contributed by atoms with Gasteiger partial charge in [0, 0.05) is 48.5 Å². The summed E-state index contributed by atoms with van der Waals surface area (Å²) in [4.78, 5) is 27.9. The highest BCUT2D eigenvalue weighted by Crippen LogP contribution is 2.30. The summed E-state index contributed by atoms with van der Waals surface area (Å²) in [6, 6.07) is 9.97. The molecular formula is C24H28N4O2S. The van der Waals surface area contributed by atoms with E-state index >= 15 is 0 Å². The third-order valence-corrected chi connectivity index (χ3v) is 7.26. The molecule has 6 nitrogen and oxygen atoms in total. The largest absolute Gasteiger partial charge is 0.377 e. The summed E-state index contributed by atoms with van der Waals surface area (Å²) >= 11 is 1.68. The Labute approximate surface area is 186 Å². The second kappa shape index (κ2) is 9.01. The van der Waals surface area contributed by atoms with E-state index in [2.05, 4.69) is 16.9 Å². The first-order chi connectivity index (χ1) is 15.2. The number of fused-ring (bicyclic) bond motifs is 1. The van der Waals surface area contributed by atoms with Gasteiger partial charge in [0.25, 0.3) is 5.91 Å². The molecule has 2 saturated heterocycles. The molecule has 0 saturated carbocycles. The monoisotopic (exact) mass is 436 g/mol. The first-order valence-electron chi connectivity index (χ1n) is 11.1. The number of hydrogen-bond acceptors (Lipinski definition) is 5. The van der Waals surface area contributed by atoms with Crippen LogP contribution < -0.4 is 0 Å². The van der Waals surface area contributed by atoms with Crippen LogP contribution in [0.15, 0.2) is 41.7 Å². The number of carbonyl (C=O) groups is 1. The van der Waals surface area contributed by atoms with Crippen LogP contribution in [0, 0.1) is 6.92 Å². The van der Waals surface area contributed by atoms with Gasteiger partial charge in [0.15, 0.2) is 5.16 Å². The van der Waals surface area contributed by atoms with Crippen molar-refractivity contribution >= 4 is 28.6 Å². The Morgan fingerprint density at radius 3 is 3.03 bits per heavy atom. The van der Waals surface area contributed by atoms with Crippen LogP contribution in [0.2, 0.25) is 0 Å². The first kappa shape index (κ1) is 20.5. The summed E-state index contributed by atoms with van der Waals surface area (Å²) in [7, 11) is 0. The highest BCUT2D eigenvalue weighted by molar-refractivity contribution is 7.99. The predicted octanol–water partition coefficient (Wildman–Crippen LogP) is 4.56. The Morgan fingerprint density at radius 1 is 1.29 bits per heavy atom. The number of nitrogens with zero attached hydrogens (tertiary/aromatic N) is 3. The van der Waals surface area contributed by atoms with Gasteiger partial charge in [-0.15, -0.1) is 0 Å². The molecule has 0 aliphatic carbocycles. The van der Waals surface area contributed by atoms with Crippen LogP contribution in [0.3, 0.4) is 0 Å². The maximum Gasteiger partial charge on any atom is 0.270 e. The lowest BCUT2D eigenvalue weighted by Gasteiger charge is -2.33. The minimum Gasteiger partial charge on any atom is -0.377 e. The Bertz CT molecular complexity index is 1040. The normalized spacial score (nSPS) is 21.6. The van der Waals surface area contributed by atoms with E-state index in [-0.39, 0.29) is 11.8 Å². The highest BCUT2D eigenvalue weighted by atomic mass is 32.2. The second-order valence-corrected chi connectivity index (χ2v) is 9.51. The molecule has 1 aromatic carbocycles. The molecule has 0 radical (unpaired) electrons. The van der Waals surface area contributed by atoms with Gasteiger partial charge in [-0.2, -0.15) is 0 Å². The van der Waals surface area contributed by atoms with E-state index in [0.29, 0.717) is 18.3 Å². The van der Waals surface area contributed by atoms with Gasteiger partial charge >= 0.3 is 0 Å². The fourth-order valence-electron chi connectivity index (χ4n) is 4.61. The molecular weight excluding hydrogens is 408 g/mol. The van der Waals surface area contributed by atoms with Crippen LogP contribution in [0.4, 0.5) is 0 Å². The van der Waals surface area contributed by atoms with Crippen LogP contribution in [0.5, 0.6) is 0 Å². The number of aromatic nitrogens is 3. The number of aryl methyl sites for hydroxylation is 1. The average molecular weight is 437 g/mol. The van der Waals surface area contributed by atoms with E-state index in [1.165, 1.54) is 0 Å². The van der Waals surface area contributed by atoms with Crippen molar-refractivity contribution in [2.45, 2.75) is 49.8 Å². The summed E-state index contributed by atoms with van der Waals surface area (Å²) in [5.74, 6) is 1.21. The van der Waals surface area contributed by atoms with Crippen molar-refractivity contribution in [2.75, 3.05) is 25.4 Å². The quantitative estimate of drug-likeness (QED) is 0.469. The van der Waals surface area contributed by atoms with E-state index in [0.717, 1.165) is 71.9 Å². The zero-order valence-electron chi connectivity index (χ0n) is 17.8. The number of piperidine rings is 1. The number of carbonyl (C=O) groups excluding carboxylic acids is 1. The van der Waals surface area contributed by atoms with E-state index < -0.39 is 0 Å². The Hall–Kier alpha value is -2.38. The molecule has 3 aromatic rings. The summed E-state index contributed by atoms with van der Waals surface area (Å²) in [5.41, 5.74) is 3.85. The Kier molecular flexibility index (Phi) is 5.96. The van der Waals surface area contributed by atoms with E-state index in [1.54, 1.807) is 11.8 Å². The van der Waals surface area contributed by atoms with Crippen molar-refractivity contribution in [1.82, 2.24) is 19.9 Å². The molecule has 162 valence electrons. The number of H-pyrrole nitrogens is 1. The molecule has 31 heavy (non-hydrogen) atoms. The van der Waals surface area contributed by atoms with Gasteiger partial charge < -0.3 is 14.6 Å². The maximum atomic E-state index is 13.2. The van der Waals surface area contributed by atoms with Crippen LogP contribution in [-0.2, 0) is 4.74 Å². The minimum absolute atomic E-state index is 0.0700. The molecule has 2 aliphatic heterocycles. The van der Waals surface area contributed by atoms with Crippen molar-refractivity contribution in [1.29, 1.82) is 0 Å². The Balaban J connectivity index is 1.30. The fraction of sp³-hybridized carbons (Fsp3) is 0.458. The number of nitrogens with one attached hydrogen (secondary N) is 1. The SMILES string of the molecule is Cc1cnc(SC[C@@H]2CCCO2)nc1[C@H]1CCCN(C(=O)c2cc3ccccc3[nH]2)C1. The molecule has 0 spiro atoms. The number of amides is 1. The zero-order valence-corrected chi connectivity index (χ0v) is 18.7. The van der Waals surface area contributed by atoms with Gasteiger partial charge in [-0.3, -0.25) is 4.79 Å². The summed E-state index contributed by atoms with van der Waals surface area (Å²) in [5, 5.41) is 1.88. The molecule has 0 bridgehead atoms. The van der Waals surface area contributed by atoms with Crippen molar-refractivity contribution in [3.63, 3.8) is 0 Å². The molecule has 1 N–H and O–H groups in total. The third-order valence-electron chi connectivity index (χ3n) is 6.27. The third kappa shape index (κ3) is 4.48. The maximum absolute atomic E-state index is 13.2. The zero-order chi connectivity index (χ0) is 21.2. The van der Waals surface area contributed by atoms with Gasteiger partial charge in [0.1, 0.15) is 5.69 Å². The van der Waals surface area contributed by atoms with Crippen LogP contribution >= 0.6 is 11.8 Å². The van der Waals surface area contributed by atoms with Gasteiger partial charge in [0.05, 0.1) is 11.8 Å². The number of benzene rings is 1. The summed E-state index contributed by atoms with van der Waals surface area (Å²) < 4.78 is 5.73. The number of para-hydroxylation sites is 1. The molecule has 1 amide bonds. The molecule has 2 aromatic heterocycles. The highest BCUT2D eigenvalue weighted by Gasteiger charge is 2.28. The summed E-state index contributed by atoms with van der Waals surface area (Å²) in [6.45, 7) is 4.42. The molecule has 0 unspecified atom stereocenters. The smallest absolute Gasteiger partial charge is 0.270 e. The van der Waals surface area contributed by atoms with Crippen molar-refractivity contribution < 1.29 is 9.53 Å². The summed E-state index contributed by atoms with van der Waals surface area (Å²) in [6.07, 6.45) is 6.55. The molecule has 7 heteroatoms. The van der Waals surface area contributed by atoms with Gasteiger partial charge in [-0.25, -0.2) is 9.97 Å². The van der Waals surface area contributed by atoms with E-state index in [4.69, 9.17) is 9.72 Å². The number of ether oxygens (including phenoxy) is 1. The van der Waals surface area contributed by atoms with Crippen LogP contribution in [0.25, 0.3) is 10.9 Å². The van der Waals surface area contributed by atoms with Crippen molar-refractivity contribution in [2.24, 2.45) is 0 Å². The lowest BCUT2D eigenvalue weighted by atomic mass is 9.92. The number of hydrogen-bond donors (Lipinski definition) is 1. The number of aromatic amines is 1. The van der Waals surface area contributed by atoms with Crippen LogP contribution in [0.1, 0.15) is 53.3 Å². The van der Waals surface area contributed by atoms with Gasteiger partial charge in [0.2, 0.25) is 0 Å².